The quantitative estimate of drug-likeness (QED) is 0.868. The van der Waals surface area contributed by atoms with E-state index in [0.717, 1.165) is 11.3 Å². The van der Waals surface area contributed by atoms with Crippen molar-refractivity contribution in [1.82, 2.24) is 9.38 Å². The number of aryl methyl sites for hydroxylation is 1. The first-order chi connectivity index (χ1) is 7.18. The largest absolute Gasteiger partial charge is 0.481 e. The Bertz CT molecular complexity index is 507. The highest BCUT2D eigenvalue weighted by molar-refractivity contribution is 6.30. The number of carbonyl (C=O) groups is 1. The van der Waals surface area contributed by atoms with E-state index in [1.807, 2.05) is 28.8 Å². The molecule has 2 rings (SSSR count). The molecule has 1 N–H and O–H groups in total. The fourth-order valence-electron chi connectivity index (χ4n) is 1.47. The molecule has 0 aliphatic carbocycles. The van der Waals surface area contributed by atoms with Crippen LogP contribution in [0.1, 0.15) is 12.1 Å². The van der Waals surface area contributed by atoms with E-state index in [2.05, 4.69) is 4.98 Å². The smallest absolute Gasteiger partial charge is 0.303 e. The molecule has 4 nitrogen and oxygen atoms in total. The van der Waals surface area contributed by atoms with Crippen molar-refractivity contribution in [2.45, 2.75) is 12.8 Å². The Morgan fingerprint density at radius 1 is 1.53 bits per heavy atom. The van der Waals surface area contributed by atoms with Crippen molar-refractivity contribution >= 4 is 23.2 Å². The summed E-state index contributed by atoms with van der Waals surface area (Å²) in [5.41, 5.74) is 1.48. The molecular weight excluding hydrogens is 216 g/mol. The predicted molar refractivity (Wildman–Crippen MR) is 56.2 cm³/mol. The molecule has 0 bridgehead atoms. The Labute approximate surface area is 91.1 Å². The van der Waals surface area contributed by atoms with Gasteiger partial charge in [0.05, 0.1) is 12.1 Å². The van der Waals surface area contributed by atoms with Crippen LogP contribution in [0.4, 0.5) is 0 Å². The molecule has 2 aromatic rings. The summed E-state index contributed by atoms with van der Waals surface area (Å²) in [5, 5.41) is 8.98. The lowest BCUT2D eigenvalue weighted by atomic mass is 10.2. The molecule has 2 aromatic heterocycles. The van der Waals surface area contributed by atoms with Gasteiger partial charge in [-0.2, -0.15) is 0 Å². The molecule has 0 atom stereocenters. The highest BCUT2D eigenvalue weighted by Crippen LogP contribution is 2.18. The topological polar surface area (TPSA) is 54.6 Å². The highest BCUT2D eigenvalue weighted by atomic mass is 35.5. The maximum Gasteiger partial charge on any atom is 0.303 e. The van der Waals surface area contributed by atoms with Gasteiger partial charge < -0.3 is 9.51 Å². The van der Waals surface area contributed by atoms with E-state index in [1.165, 1.54) is 0 Å². The van der Waals surface area contributed by atoms with E-state index in [0.29, 0.717) is 11.6 Å². The average Bonchev–Trinajstić information content (AvgIpc) is 2.50. The number of aromatic nitrogens is 2. The molecule has 15 heavy (non-hydrogen) atoms. The first kappa shape index (κ1) is 9.98. The fraction of sp³-hybridized carbons (Fsp3) is 0.200. The fourth-order valence-corrected chi connectivity index (χ4v) is 1.74. The van der Waals surface area contributed by atoms with Crippen LogP contribution in [-0.2, 0) is 11.2 Å². The van der Waals surface area contributed by atoms with Crippen molar-refractivity contribution in [2.75, 3.05) is 0 Å². The Kier molecular flexibility index (Phi) is 2.60. The van der Waals surface area contributed by atoms with Crippen molar-refractivity contribution in [3.05, 3.63) is 35.2 Å². The van der Waals surface area contributed by atoms with Gasteiger partial charge in [0, 0.05) is 12.6 Å². The van der Waals surface area contributed by atoms with Gasteiger partial charge >= 0.3 is 5.97 Å². The van der Waals surface area contributed by atoms with Crippen LogP contribution >= 0.6 is 11.6 Å². The van der Waals surface area contributed by atoms with Gasteiger partial charge in [-0.15, -0.1) is 0 Å². The maximum absolute atomic E-state index is 10.5. The Morgan fingerprint density at radius 3 is 3.07 bits per heavy atom. The van der Waals surface area contributed by atoms with Gasteiger partial charge in [-0.05, 0) is 12.1 Å². The van der Waals surface area contributed by atoms with Crippen LogP contribution < -0.4 is 0 Å². The van der Waals surface area contributed by atoms with Gasteiger partial charge in [-0.25, -0.2) is 4.98 Å². The number of hydrogen-bond donors (Lipinski definition) is 1. The third kappa shape index (κ3) is 1.94. The van der Waals surface area contributed by atoms with E-state index in [9.17, 15) is 4.79 Å². The van der Waals surface area contributed by atoms with Crippen molar-refractivity contribution in [2.24, 2.45) is 0 Å². The minimum absolute atomic E-state index is 0.0579. The second-order valence-corrected chi connectivity index (χ2v) is 3.53. The number of nitrogens with zero attached hydrogens (tertiary/aromatic N) is 2. The van der Waals surface area contributed by atoms with Crippen molar-refractivity contribution in [1.29, 1.82) is 0 Å². The molecule has 0 spiro atoms. The summed E-state index contributed by atoms with van der Waals surface area (Å²) >= 11 is 5.93. The molecule has 0 aliphatic heterocycles. The summed E-state index contributed by atoms with van der Waals surface area (Å²) < 4.78 is 1.81. The summed E-state index contributed by atoms with van der Waals surface area (Å²) in [5.74, 6) is -0.836. The van der Waals surface area contributed by atoms with Crippen LogP contribution in [-0.4, -0.2) is 20.5 Å². The molecule has 0 radical (unpaired) electrons. The van der Waals surface area contributed by atoms with Crippen LogP contribution in [0.3, 0.4) is 0 Å². The normalized spacial score (nSPS) is 10.7. The Morgan fingerprint density at radius 2 is 2.33 bits per heavy atom. The summed E-state index contributed by atoms with van der Waals surface area (Å²) in [4.78, 5) is 14.6. The second kappa shape index (κ2) is 3.90. The van der Waals surface area contributed by atoms with Gasteiger partial charge in [0.2, 0.25) is 0 Å². The zero-order chi connectivity index (χ0) is 10.8. The molecule has 0 unspecified atom stereocenters. The van der Waals surface area contributed by atoms with Crippen LogP contribution in [0.25, 0.3) is 5.65 Å². The Hall–Kier alpha value is -1.55. The minimum atomic E-state index is -0.836. The predicted octanol–water partition coefficient (Wildman–Crippen LogP) is 2.00. The molecule has 0 amide bonds. The van der Waals surface area contributed by atoms with Crippen molar-refractivity contribution in [3.63, 3.8) is 0 Å². The van der Waals surface area contributed by atoms with Gasteiger partial charge in [-0.3, -0.25) is 4.79 Å². The monoisotopic (exact) mass is 224 g/mol. The van der Waals surface area contributed by atoms with E-state index in [4.69, 9.17) is 16.7 Å². The number of pyridine rings is 1. The van der Waals surface area contributed by atoms with E-state index < -0.39 is 5.97 Å². The van der Waals surface area contributed by atoms with Gasteiger partial charge in [0.15, 0.2) is 5.15 Å². The first-order valence-corrected chi connectivity index (χ1v) is 4.89. The van der Waals surface area contributed by atoms with Crippen LogP contribution in [0.2, 0.25) is 5.15 Å². The van der Waals surface area contributed by atoms with Crippen LogP contribution in [0.5, 0.6) is 0 Å². The second-order valence-electron chi connectivity index (χ2n) is 3.17. The van der Waals surface area contributed by atoms with Crippen molar-refractivity contribution < 1.29 is 9.90 Å². The summed E-state index contributed by atoms with van der Waals surface area (Å²) in [6, 6.07) is 5.55. The molecule has 0 fully saturated rings. The number of imidazole rings is 1. The molecule has 0 saturated carbocycles. The highest BCUT2D eigenvalue weighted by Gasteiger charge is 2.10. The third-order valence-electron chi connectivity index (χ3n) is 2.16. The molecule has 0 aliphatic rings. The average molecular weight is 225 g/mol. The zero-order valence-electron chi connectivity index (χ0n) is 7.85. The number of fused-ring (bicyclic) bond motifs is 1. The number of aliphatic carboxylic acids is 1. The van der Waals surface area contributed by atoms with Gasteiger partial charge in [0.1, 0.15) is 5.65 Å². The van der Waals surface area contributed by atoms with Crippen LogP contribution in [0, 0.1) is 0 Å². The van der Waals surface area contributed by atoms with Crippen molar-refractivity contribution in [3.8, 4) is 0 Å². The maximum atomic E-state index is 10.5. The standard InChI is InChI=1S/C10H9ClN2O2/c11-10-7(4-5-9(14)15)13-6-2-1-3-8(13)12-10/h1-3,6H,4-5H2,(H,14,15). The first-order valence-electron chi connectivity index (χ1n) is 4.52. The van der Waals surface area contributed by atoms with E-state index >= 15 is 0 Å². The van der Waals surface area contributed by atoms with Crippen LogP contribution in [0.15, 0.2) is 24.4 Å². The lowest BCUT2D eigenvalue weighted by Gasteiger charge is -1.99. The van der Waals surface area contributed by atoms with E-state index in [1.54, 1.807) is 0 Å². The zero-order valence-corrected chi connectivity index (χ0v) is 8.61. The number of hydrogen-bond acceptors (Lipinski definition) is 2. The number of halogens is 1. The van der Waals surface area contributed by atoms with Gasteiger partial charge in [-0.1, -0.05) is 17.7 Å². The summed E-state index contributed by atoms with van der Waals surface area (Å²) in [6.07, 6.45) is 2.27. The minimum Gasteiger partial charge on any atom is -0.481 e. The number of carboxylic acid groups (broad SMARTS) is 1. The summed E-state index contributed by atoms with van der Waals surface area (Å²) in [6.45, 7) is 0. The van der Waals surface area contributed by atoms with E-state index in [-0.39, 0.29) is 6.42 Å². The molecule has 0 aromatic carbocycles. The number of carboxylic acids is 1. The third-order valence-corrected chi connectivity index (χ3v) is 2.46. The Balaban J connectivity index is 2.40. The lowest BCUT2D eigenvalue weighted by Crippen LogP contribution is -2.00. The van der Waals surface area contributed by atoms with Gasteiger partial charge in [0.25, 0.3) is 0 Å². The molecule has 78 valence electrons. The SMILES string of the molecule is O=C(O)CCc1c(Cl)nc2ccccn12. The lowest BCUT2D eigenvalue weighted by molar-refractivity contribution is -0.136. The molecule has 0 saturated heterocycles. The molecular formula is C10H9ClN2O2. The molecule has 5 heteroatoms. The molecule has 2 heterocycles. The summed E-state index contributed by atoms with van der Waals surface area (Å²) in [7, 11) is 0. The number of rotatable bonds is 3.